The highest BCUT2D eigenvalue weighted by Crippen LogP contribution is 2.16. The van der Waals surface area contributed by atoms with Gasteiger partial charge in [0.1, 0.15) is 5.75 Å². The molecule has 142 valence electrons. The normalized spacial score (nSPS) is 14.1. The van der Waals surface area contributed by atoms with Crippen molar-refractivity contribution in [3.63, 3.8) is 0 Å². The molecule has 1 aliphatic heterocycles. The van der Waals surface area contributed by atoms with Gasteiger partial charge in [-0.15, -0.1) is 0 Å². The van der Waals surface area contributed by atoms with E-state index in [1.807, 2.05) is 66.4 Å². The van der Waals surface area contributed by atoms with E-state index in [-0.39, 0.29) is 18.4 Å². The summed E-state index contributed by atoms with van der Waals surface area (Å²) in [6.07, 6.45) is 1.26. The molecule has 1 saturated heterocycles. The first-order valence-corrected chi connectivity index (χ1v) is 9.41. The van der Waals surface area contributed by atoms with Gasteiger partial charge in [0.25, 0.3) is 5.91 Å². The quantitative estimate of drug-likeness (QED) is 0.790. The van der Waals surface area contributed by atoms with Crippen LogP contribution >= 0.6 is 0 Å². The number of rotatable bonds is 6. The van der Waals surface area contributed by atoms with Gasteiger partial charge in [-0.3, -0.25) is 9.59 Å². The van der Waals surface area contributed by atoms with Gasteiger partial charge in [-0.1, -0.05) is 48.5 Å². The van der Waals surface area contributed by atoms with Gasteiger partial charge in [0.15, 0.2) is 6.61 Å². The molecular formula is C22H26N2O3. The van der Waals surface area contributed by atoms with Crippen LogP contribution < -0.4 is 4.74 Å². The Kier molecular flexibility index (Phi) is 6.47. The second-order valence-corrected chi connectivity index (χ2v) is 6.80. The summed E-state index contributed by atoms with van der Waals surface area (Å²) in [6.45, 7) is 4.29. The highest BCUT2D eigenvalue weighted by molar-refractivity contribution is 5.79. The summed E-state index contributed by atoms with van der Waals surface area (Å²) in [6, 6.07) is 17.7. The van der Waals surface area contributed by atoms with Crippen LogP contribution in [-0.4, -0.2) is 54.4 Å². The number of carbonyl (C=O) groups excluding carboxylic acids is 2. The van der Waals surface area contributed by atoms with Crippen molar-refractivity contribution in [3.8, 4) is 5.75 Å². The Morgan fingerprint density at radius 2 is 1.44 bits per heavy atom. The average molecular weight is 366 g/mol. The Labute approximate surface area is 160 Å². The zero-order valence-electron chi connectivity index (χ0n) is 15.8. The highest BCUT2D eigenvalue weighted by Gasteiger charge is 2.24. The predicted molar refractivity (Wildman–Crippen MR) is 105 cm³/mol. The van der Waals surface area contributed by atoms with E-state index < -0.39 is 0 Å². The molecule has 1 heterocycles. The van der Waals surface area contributed by atoms with E-state index in [9.17, 15) is 9.59 Å². The van der Waals surface area contributed by atoms with Crippen molar-refractivity contribution in [2.45, 2.75) is 19.8 Å². The zero-order valence-corrected chi connectivity index (χ0v) is 15.8. The average Bonchev–Trinajstić information content (AvgIpc) is 2.72. The molecule has 27 heavy (non-hydrogen) atoms. The summed E-state index contributed by atoms with van der Waals surface area (Å²) < 4.78 is 5.64. The van der Waals surface area contributed by atoms with Crippen molar-refractivity contribution >= 4 is 11.8 Å². The largest absolute Gasteiger partial charge is 0.484 e. The van der Waals surface area contributed by atoms with Crippen LogP contribution in [0.25, 0.3) is 0 Å². The summed E-state index contributed by atoms with van der Waals surface area (Å²) in [4.78, 5) is 28.4. The third-order valence-electron chi connectivity index (χ3n) is 4.90. The van der Waals surface area contributed by atoms with Gasteiger partial charge in [-0.05, 0) is 30.5 Å². The van der Waals surface area contributed by atoms with Gasteiger partial charge >= 0.3 is 0 Å². The Hall–Kier alpha value is -2.82. The number of nitrogens with zero attached hydrogens (tertiary/aromatic N) is 2. The Balaban J connectivity index is 1.40. The molecule has 2 amide bonds. The lowest BCUT2D eigenvalue weighted by molar-refractivity contribution is -0.140. The second kappa shape index (κ2) is 9.21. The topological polar surface area (TPSA) is 49.9 Å². The van der Waals surface area contributed by atoms with Crippen molar-refractivity contribution in [1.82, 2.24) is 9.80 Å². The number of carbonyl (C=O) groups is 2. The Bertz CT molecular complexity index is 768. The van der Waals surface area contributed by atoms with Crippen LogP contribution in [0.4, 0.5) is 0 Å². The molecule has 5 heteroatoms. The molecule has 0 aliphatic carbocycles. The van der Waals surface area contributed by atoms with E-state index >= 15 is 0 Å². The van der Waals surface area contributed by atoms with E-state index in [1.54, 1.807) is 4.90 Å². The fraction of sp³-hybridized carbons (Fsp3) is 0.364. The maximum Gasteiger partial charge on any atom is 0.260 e. The van der Waals surface area contributed by atoms with Gasteiger partial charge in [-0.2, -0.15) is 0 Å². The van der Waals surface area contributed by atoms with E-state index in [2.05, 4.69) is 0 Å². The number of hydrogen-bond acceptors (Lipinski definition) is 3. The molecule has 0 unspecified atom stereocenters. The SMILES string of the molecule is Cc1ccccc1OCC(=O)N1CCN(C(=O)CCc2ccccc2)CC1. The number of hydrogen-bond donors (Lipinski definition) is 0. The van der Waals surface area contributed by atoms with Crippen LogP contribution in [-0.2, 0) is 16.0 Å². The molecule has 1 aliphatic rings. The van der Waals surface area contributed by atoms with Gasteiger partial charge in [0.05, 0.1) is 0 Å². The molecule has 0 bridgehead atoms. The monoisotopic (exact) mass is 366 g/mol. The molecule has 0 N–H and O–H groups in total. The third kappa shape index (κ3) is 5.33. The maximum atomic E-state index is 12.4. The molecule has 0 atom stereocenters. The first-order valence-electron chi connectivity index (χ1n) is 9.41. The van der Waals surface area contributed by atoms with E-state index in [1.165, 1.54) is 5.56 Å². The molecule has 0 spiro atoms. The number of ether oxygens (including phenoxy) is 1. The summed E-state index contributed by atoms with van der Waals surface area (Å²) >= 11 is 0. The number of piperazine rings is 1. The Morgan fingerprint density at radius 1 is 0.852 bits per heavy atom. The summed E-state index contributed by atoms with van der Waals surface area (Å²) in [5.41, 5.74) is 2.19. The molecule has 0 saturated carbocycles. The van der Waals surface area contributed by atoms with E-state index in [0.717, 1.165) is 17.7 Å². The smallest absolute Gasteiger partial charge is 0.260 e. The van der Waals surface area contributed by atoms with Gasteiger partial charge in [0, 0.05) is 32.6 Å². The van der Waals surface area contributed by atoms with Crippen molar-refractivity contribution in [2.24, 2.45) is 0 Å². The minimum atomic E-state index is -0.0327. The van der Waals surface area contributed by atoms with Crippen LogP contribution in [0.5, 0.6) is 5.75 Å². The number of para-hydroxylation sites is 1. The molecule has 3 rings (SSSR count). The number of amides is 2. The predicted octanol–water partition coefficient (Wildman–Crippen LogP) is 2.68. The van der Waals surface area contributed by atoms with Crippen LogP contribution in [0.2, 0.25) is 0 Å². The van der Waals surface area contributed by atoms with Crippen molar-refractivity contribution in [3.05, 3.63) is 65.7 Å². The fourth-order valence-electron chi connectivity index (χ4n) is 3.21. The molecule has 5 nitrogen and oxygen atoms in total. The highest BCUT2D eigenvalue weighted by atomic mass is 16.5. The van der Waals surface area contributed by atoms with Crippen molar-refractivity contribution in [2.75, 3.05) is 32.8 Å². The summed E-state index contributed by atoms with van der Waals surface area (Å²) in [7, 11) is 0. The first kappa shape index (κ1) is 19.0. The van der Waals surface area contributed by atoms with Crippen LogP contribution in [0.15, 0.2) is 54.6 Å². The van der Waals surface area contributed by atoms with Crippen molar-refractivity contribution in [1.29, 1.82) is 0 Å². The number of aryl methyl sites for hydroxylation is 2. The number of benzene rings is 2. The van der Waals surface area contributed by atoms with Crippen LogP contribution in [0.3, 0.4) is 0 Å². The standard InChI is InChI=1S/C22H26N2O3/c1-18-7-5-6-10-20(18)27-17-22(26)24-15-13-23(14-16-24)21(25)12-11-19-8-3-2-4-9-19/h2-10H,11-17H2,1H3. The van der Waals surface area contributed by atoms with Crippen molar-refractivity contribution < 1.29 is 14.3 Å². The van der Waals surface area contributed by atoms with E-state index in [0.29, 0.717) is 32.6 Å². The lowest BCUT2D eigenvalue weighted by atomic mass is 10.1. The lowest BCUT2D eigenvalue weighted by Gasteiger charge is -2.34. The van der Waals surface area contributed by atoms with E-state index in [4.69, 9.17) is 4.74 Å². The second-order valence-electron chi connectivity index (χ2n) is 6.80. The molecule has 0 radical (unpaired) electrons. The molecule has 2 aromatic rings. The molecule has 0 aromatic heterocycles. The molecule has 1 fully saturated rings. The van der Waals surface area contributed by atoms with Gasteiger partial charge in [0.2, 0.25) is 5.91 Å². The zero-order chi connectivity index (χ0) is 19.1. The third-order valence-corrected chi connectivity index (χ3v) is 4.90. The van der Waals surface area contributed by atoms with Crippen LogP contribution in [0.1, 0.15) is 17.5 Å². The van der Waals surface area contributed by atoms with Gasteiger partial charge in [-0.25, -0.2) is 0 Å². The summed E-state index contributed by atoms with van der Waals surface area (Å²) in [5, 5.41) is 0. The summed E-state index contributed by atoms with van der Waals surface area (Å²) in [5.74, 6) is 0.859. The minimum absolute atomic E-state index is 0.0327. The Morgan fingerprint density at radius 3 is 2.11 bits per heavy atom. The van der Waals surface area contributed by atoms with Crippen LogP contribution in [0, 0.1) is 6.92 Å². The minimum Gasteiger partial charge on any atom is -0.484 e. The first-order chi connectivity index (χ1) is 13.1. The van der Waals surface area contributed by atoms with Gasteiger partial charge < -0.3 is 14.5 Å². The fourth-order valence-corrected chi connectivity index (χ4v) is 3.21. The lowest BCUT2D eigenvalue weighted by Crippen LogP contribution is -2.51. The maximum absolute atomic E-state index is 12.4. The molecule has 2 aromatic carbocycles. The molecular weight excluding hydrogens is 340 g/mol.